The van der Waals surface area contributed by atoms with E-state index in [1.807, 2.05) is 48.5 Å². The molecule has 3 aromatic carbocycles. The second-order valence-electron chi connectivity index (χ2n) is 7.94. The summed E-state index contributed by atoms with van der Waals surface area (Å²) in [5.74, 6) is 0.205. The zero-order valence-corrected chi connectivity index (χ0v) is 19.2. The Morgan fingerprint density at radius 2 is 1.30 bits per heavy atom. The molecule has 0 aliphatic rings. The lowest BCUT2D eigenvalue weighted by atomic mass is 9.94. The van der Waals surface area contributed by atoms with Crippen molar-refractivity contribution >= 4 is 5.97 Å². The average Bonchev–Trinajstić information content (AvgIpc) is 2.85. The number of benzene rings is 3. The number of phenolic OH excluding ortho intramolecular Hbond substituents is 2. The van der Waals surface area contributed by atoms with Crippen LogP contribution in [-0.2, 0) is 23.2 Å². The van der Waals surface area contributed by atoms with Crippen LogP contribution in [0.2, 0.25) is 0 Å². The first kappa shape index (κ1) is 24.3. The molecule has 33 heavy (non-hydrogen) atoms. The van der Waals surface area contributed by atoms with E-state index in [4.69, 9.17) is 4.74 Å². The van der Waals surface area contributed by atoms with E-state index >= 15 is 0 Å². The quantitative estimate of drug-likeness (QED) is 0.261. The summed E-state index contributed by atoms with van der Waals surface area (Å²) in [5.41, 5.74) is 2.70. The molecular weight excluding hydrogens is 416 g/mol. The summed E-state index contributed by atoms with van der Waals surface area (Å²) in [6, 6.07) is 22.1. The maximum absolute atomic E-state index is 11.9. The smallest absolute Gasteiger partial charge is 0.337 e. The third-order valence-electron chi connectivity index (χ3n) is 5.95. The van der Waals surface area contributed by atoms with Gasteiger partial charge in [0.1, 0.15) is 11.5 Å². The molecule has 3 rings (SSSR count). The number of ether oxygens (including phenoxy) is 1. The minimum atomic E-state index is -0.552. The topological polar surface area (TPSA) is 90.8 Å². The number of phenols is 2. The Labute approximate surface area is 195 Å². The Hall–Kier alpha value is -3.35. The van der Waals surface area contributed by atoms with E-state index in [2.05, 4.69) is 17.6 Å². The summed E-state index contributed by atoms with van der Waals surface area (Å²) in [5, 5.41) is 27.5. The number of esters is 1. The predicted molar refractivity (Wildman–Crippen MR) is 129 cm³/mol. The minimum Gasteiger partial charge on any atom is -0.508 e. The Bertz CT molecular complexity index is 998. The van der Waals surface area contributed by atoms with Crippen LogP contribution >= 0.6 is 0 Å². The van der Waals surface area contributed by atoms with Gasteiger partial charge in [-0.3, -0.25) is 10.6 Å². The van der Waals surface area contributed by atoms with Gasteiger partial charge >= 0.3 is 5.97 Å². The molecule has 0 radical (unpaired) electrons. The second-order valence-corrected chi connectivity index (χ2v) is 7.94. The summed E-state index contributed by atoms with van der Waals surface area (Å²) in [4.78, 5) is 11.9. The third kappa shape index (κ3) is 6.12. The van der Waals surface area contributed by atoms with E-state index in [0.717, 1.165) is 23.1 Å². The highest BCUT2D eigenvalue weighted by Crippen LogP contribution is 2.25. The molecule has 0 bridgehead atoms. The second kappa shape index (κ2) is 11.5. The van der Waals surface area contributed by atoms with Crippen molar-refractivity contribution in [1.82, 2.24) is 10.6 Å². The molecule has 3 aromatic rings. The van der Waals surface area contributed by atoms with Crippen molar-refractivity contribution in [3.05, 3.63) is 95.1 Å². The summed E-state index contributed by atoms with van der Waals surface area (Å²) in [6.07, 6.45) is 2.07. The fraction of sp³-hybridized carbons (Fsp3) is 0.296. The molecule has 6 heteroatoms. The van der Waals surface area contributed by atoms with Gasteiger partial charge in [-0.2, -0.15) is 0 Å². The molecule has 0 atom stereocenters. The summed E-state index contributed by atoms with van der Waals surface area (Å²) in [6.45, 7) is 3.36. The number of carbonyl (C=O) groups is 1. The molecule has 174 valence electrons. The number of methoxy groups -OCH3 is 1. The number of hydrogen-bond acceptors (Lipinski definition) is 6. The fourth-order valence-electron chi connectivity index (χ4n) is 4.00. The number of nitrogens with one attached hydrogen (secondary N) is 2. The van der Waals surface area contributed by atoms with Gasteiger partial charge < -0.3 is 14.9 Å². The molecule has 0 saturated carbocycles. The number of para-hydroxylation sites is 2. The Morgan fingerprint density at radius 1 is 0.818 bits per heavy atom. The summed E-state index contributed by atoms with van der Waals surface area (Å²) < 4.78 is 4.82. The molecule has 0 saturated heterocycles. The molecule has 0 unspecified atom stereocenters. The van der Waals surface area contributed by atoms with Crippen molar-refractivity contribution in [3.8, 4) is 11.5 Å². The number of rotatable bonds is 11. The van der Waals surface area contributed by atoms with Gasteiger partial charge in [-0.25, -0.2) is 4.79 Å². The van der Waals surface area contributed by atoms with Crippen molar-refractivity contribution in [2.75, 3.05) is 20.2 Å². The Morgan fingerprint density at radius 3 is 1.73 bits per heavy atom. The molecule has 0 spiro atoms. The first-order chi connectivity index (χ1) is 16.0. The first-order valence-electron chi connectivity index (χ1n) is 11.2. The van der Waals surface area contributed by atoms with Crippen LogP contribution in [0.25, 0.3) is 0 Å². The van der Waals surface area contributed by atoms with E-state index in [9.17, 15) is 15.0 Å². The summed E-state index contributed by atoms with van der Waals surface area (Å²) in [7, 11) is 1.37. The number of hydrogen-bond donors (Lipinski definition) is 4. The van der Waals surface area contributed by atoms with Crippen LogP contribution in [0.5, 0.6) is 11.5 Å². The van der Waals surface area contributed by atoms with E-state index in [1.165, 1.54) is 7.11 Å². The molecule has 0 fully saturated rings. The number of carbonyl (C=O) groups excluding carboxylic acids is 1. The van der Waals surface area contributed by atoms with Gasteiger partial charge in [-0.05, 0) is 60.2 Å². The van der Waals surface area contributed by atoms with Gasteiger partial charge in [-0.15, -0.1) is 0 Å². The van der Waals surface area contributed by atoms with E-state index < -0.39 is 5.66 Å². The lowest BCUT2D eigenvalue weighted by Crippen LogP contribution is -2.54. The molecule has 0 heterocycles. The van der Waals surface area contributed by atoms with Crippen molar-refractivity contribution in [3.63, 3.8) is 0 Å². The summed E-state index contributed by atoms with van der Waals surface area (Å²) >= 11 is 0. The third-order valence-corrected chi connectivity index (χ3v) is 5.95. The van der Waals surface area contributed by atoms with Crippen LogP contribution in [0.15, 0.2) is 72.8 Å². The molecule has 0 aromatic heterocycles. The Kier molecular flexibility index (Phi) is 8.46. The molecule has 0 aliphatic carbocycles. The van der Waals surface area contributed by atoms with Crippen molar-refractivity contribution in [2.45, 2.75) is 31.8 Å². The molecular formula is C27H32N2O4. The van der Waals surface area contributed by atoms with E-state index in [1.54, 1.807) is 24.3 Å². The van der Waals surface area contributed by atoms with Crippen LogP contribution < -0.4 is 10.6 Å². The van der Waals surface area contributed by atoms with Crippen molar-refractivity contribution in [1.29, 1.82) is 0 Å². The minimum absolute atomic E-state index is 0.288. The van der Waals surface area contributed by atoms with Gasteiger partial charge in [0, 0.05) is 13.1 Å². The monoisotopic (exact) mass is 448 g/mol. The molecule has 6 nitrogen and oxygen atoms in total. The maximum Gasteiger partial charge on any atom is 0.337 e. The maximum atomic E-state index is 11.9. The SMILES string of the molecule is CCC(NCCc1ccccc1O)(NCCc1ccccc1O)c1ccc(C(=O)OC)cc1. The van der Waals surface area contributed by atoms with Gasteiger partial charge in [0.15, 0.2) is 0 Å². The highest BCUT2D eigenvalue weighted by atomic mass is 16.5. The largest absolute Gasteiger partial charge is 0.508 e. The van der Waals surface area contributed by atoms with Crippen molar-refractivity contribution < 1.29 is 19.7 Å². The van der Waals surface area contributed by atoms with Gasteiger partial charge in [0.05, 0.1) is 18.3 Å². The van der Waals surface area contributed by atoms with Crippen LogP contribution in [0.3, 0.4) is 0 Å². The lowest BCUT2D eigenvalue weighted by molar-refractivity contribution is 0.0600. The predicted octanol–water partition coefficient (Wildman–Crippen LogP) is 4.11. The average molecular weight is 449 g/mol. The highest BCUT2D eigenvalue weighted by molar-refractivity contribution is 5.89. The highest BCUT2D eigenvalue weighted by Gasteiger charge is 2.29. The fourth-order valence-corrected chi connectivity index (χ4v) is 4.00. The van der Waals surface area contributed by atoms with Gasteiger partial charge in [0.2, 0.25) is 0 Å². The van der Waals surface area contributed by atoms with Crippen LogP contribution in [0, 0.1) is 0 Å². The van der Waals surface area contributed by atoms with E-state index in [0.29, 0.717) is 31.5 Å². The van der Waals surface area contributed by atoms with Crippen LogP contribution in [-0.4, -0.2) is 36.4 Å². The zero-order chi connectivity index (χ0) is 23.7. The van der Waals surface area contributed by atoms with Crippen LogP contribution in [0.1, 0.15) is 40.4 Å². The van der Waals surface area contributed by atoms with Gasteiger partial charge in [0.25, 0.3) is 0 Å². The standard InChI is InChI=1S/C27H32N2O4/c1-3-27(23-14-12-22(13-15-23)26(32)33-2,28-18-16-20-8-4-6-10-24(20)30)29-19-17-21-9-5-7-11-25(21)31/h4-15,28-31H,3,16-19H2,1-2H3. The molecule has 0 aliphatic heterocycles. The molecule has 4 N–H and O–H groups in total. The van der Waals surface area contributed by atoms with Gasteiger partial charge in [-0.1, -0.05) is 55.5 Å². The lowest BCUT2D eigenvalue weighted by Gasteiger charge is -2.36. The van der Waals surface area contributed by atoms with E-state index in [-0.39, 0.29) is 17.5 Å². The Balaban J connectivity index is 1.79. The number of aromatic hydroxyl groups is 2. The normalized spacial score (nSPS) is 11.3. The zero-order valence-electron chi connectivity index (χ0n) is 19.2. The van der Waals surface area contributed by atoms with Crippen molar-refractivity contribution in [2.24, 2.45) is 0 Å². The van der Waals surface area contributed by atoms with Crippen LogP contribution in [0.4, 0.5) is 0 Å². The molecule has 0 amide bonds. The first-order valence-corrected chi connectivity index (χ1v) is 11.2.